The molecule has 0 atom stereocenters. The third kappa shape index (κ3) is 2.23. The monoisotopic (exact) mass is 290 g/mol. The summed E-state index contributed by atoms with van der Waals surface area (Å²) < 4.78 is 18.7. The Labute approximate surface area is 118 Å². The summed E-state index contributed by atoms with van der Waals surface area (Å²) >= 11 is 5.85. The van der Waals surface area contributed by atoms with Gasteiger partial charge in [-0.25, -0.2) is 4.39 Å². The minimum absolute atomic E-state index is 0.0434. The highest BCUT2D eigenvalue weighted by Gasteiger charge is 2.16. The lowest BCUT2D eigenvalue weighted by molar-refractivity contribution is 0.425. The number of phenols is 1. The van der Waals surface area contributed by atoms with Crippen LogP contribution in [0.3, 0.4) is 0 Å². The Morgan fingerprint density at radius 2 is 1.90 bits per heavy atom. The quantitative estimate of drug-likeness (QED) is 0.777. The van der Waals surface area contributed by atoms with Crippen LogP contribution in [0.2, 0.25) is 5.02 Å². The molecule has 2 aromatic carbocycles. The normalized spacial score (nSPS) is 10.7. The van der Waals surface area contributed by atoms with Crippen LogP contribution in [-0.4, -0.2) is 15.2 Å². The van der Waals surface area contributed by atoms with E-state index < -0.39 is 5.82 Å². The number of hydrogen-bond acceptors (Lipinski definition) is 4. The van der Waals surface area contributed by atoms with Gasteiger partial charge in [-0.1, -0.05) is 28.9 Å². The second-order valence-corrected chi connectivity index (χ2v) is 4.50. The fourth-order valence-corrected chi connectivity index (χ4v) is 1.94. The van der Waals surface area contributed by atoms with Crippen LogP contribution in [0, 0.1) is 5.82 Å². The van der Waals surface area contributed by atoms with E-state index in [1.807, 2.05) is 0 Å². The number of phenolic OH excluding ortho intramolecular Hbond substituents is 1. The van der Waals surface area contributed by atoms with Gasteiger partial charge in [0.05, 0.1) is 11.1 Å². The van der Waals surface area contributed by atoms with Gasteiger partial charge in [-0.05, 0) is 30.3 Å². The van der Waals surface area contributed by atoms with Gasteiger partial charge in [0.25, 0.3) is 5.89 Å². The molecule has 100 valence electrons. The van der Waals surface area contributed by atoms with Crippen molar-refractivity contribution in [2.24, 2.45) is 0 Å². The SMILES string of the molecule is Oc1ccc(Cl)cc1-c1nc(-c2ccccc2F)no1. The summed E-state index contributed by atoms with van der Waals surface area (Å²) in [6.07, 6.45) is 0. The van der Waals surface area contributed by atoms with E-state index in [9.17, 15) is 9.50 Å². The summed E-state index contributed by atoms with van der Waals surface area (Å²) in [6.45, 7) is 0. The zero-order valence-corrected chi connectivity index (χ0v) is 10.8. The number of nitrogens with zero attached hydrogens (tertiary/aromatic N) is 2. The molecule has 6 heteroatoms. The molecule has 3 aromatic rings. The van der Waals surface area contributed by atoms with Crippen LogP contribution in [0.15, 0.2) is 47.0 Å². The number of aromatic hydroxyl groups is 1. The molecule has 0 bridgehead atoms. The Kier molecular flexibility index (Phi) is 3.12. The number of halogens is 2. The molecule has 4 nitrogen and oxygen atoms in total. The molecule has 0 unspecified atom stereocenters. The van der Waals surface area contributed by atoms with E-state index >= 15 is 0 Å². The number of benzene rings is 2. The Balaban J connectivity index is 2.07. The number of aromatic nitrogens is 2. The van der Waals surface area contributed by atoms with Gasteiger partial charge in [-0.2, -0.15) is 4.98 Å². The van der Waals surface area contributed by atoms with Crippen molar-refractivity contribution < 1.29 is 14.0 Å². The third-order valence-electron chi connectivity index (χ3n) is 2.73. The molecule has 0 saturated heterocycles. The highest BCUT2D eigenvalue weighted by molar-refractivity contribution is 6.30. The van der Waals surface area contributed by atoms with E-state index in [-0.39, 0.29) is 23.0 Å². The minimum Gasteiger partial charge on any atom is -0.507 e. The lowest BCUT2D eigenvalue weighted by Crippen LogP contribution is -1.86. The van der Waals surface area contributed by atoms with E-state index in [1.54, 1.807) is 18.2 Å². The predicted molar refractivity (Wildman–Crippen MR) is 71.8 cm³/mol. The molecular weight excluding hydrogens is 283 g/mol. The van der Waals surface area contributed by atoms with Crippen LogP contribution in [0.1, 0.15) is 0 Å². The van der Waals surface area contributed by atoms with Crippen molar-refractivity contribution in [2.75, 3.05) is 0 Å². The Morgan fingerprint density at radius 3 is 2.70 bits per heavy atom. The van der Waals surface area contributed by atoms with E-state index in [4.69, 9.17) is 16.1 Å². The zero-order valence-electron chi connectivity index (χ0n) is 10.0. The van der Waals surface area contributed by atoms with Crippen LogP contribution in [0.5, 0.6) is 5.75 Å². The summed E-state index contributed by atoms with van der Waals surface area (Å²) in [6, 6.07) is 10.5. The number of hydrogen-bond donors (Lipinski definition) is 1. The van der Waals surface area contributed by atoms with Crippen LogP contribution in [0.25, 0.3) is 22.8 Å². The molecule has 0 radical (unpaired) electrons. The Bertz CT molecular complexity index is 773. The fraction of sp³-hybridized carbons (Fsp3) is 0. The van der Waals surface area contributed by atoms with Crippen molar-refractivity contribution in [3.8, 4) is 28.6 Å². The molecule has 3 rings (SSSR count). The van der Waals surface area contributed by atoms with Gasteiger partial charge in [0.1, 0.15) is 11.6 Å². The van der Waals surface area contributed by atoms with Gasteiger partial charge >= 0.3 is 0 Å². The predicted octanol–water partition coefficient (Wildman–Crippen LogP) is 3.90. The topological polar surface area (TPSA) is 59.2 Å². The molecule has 1 aromatic heterocycles. The zero-order chi connectivity index (χ0) is 14.1. The molecule has 1 N–H and O–H groups in total. The molecule has 0 spiro atoms. The third-order valence-corrected chi connectivity index (χ3v) is 2.96. The molecule has 0 aliphatic carbocycles. The van der Waals surface area contributed by atoms with Crippen LogP contribution >= 0.6 is 11.6 Å². The van der Waals surface area contributed by atoms with Crippen molar-refractivity contribution in [2.45, 2.75) is 0 Å². The maximum atomic E-state index is 13.6. The van der Waals surface area contributed by atoms with Crippen molar-refractivity contribution in [3.05, 3.63) is 53.3 Å². The summed E-state index contributed by atoms with van der Waals surface area (Å²) in [5, 5.41) is 13.9. The molecule has 20 heavy (non-hydrogen) atoms. The van der Waals surface area contributed by atoms with E-state index in [2.05, 4.69) is 10.1 Å². The van der Waals surface area contributed by atoms with Crippen molar-refractivity contribution >= 4 is 11.6 Å². The average molecular weight is 291 g/mol. The smallest absolute Gasteiger partial charge is 0.262 e. The van der Waals surface area contributed by atoms with Gasteiger partial charge in [0.2, 0.25) is 5.82 Å². The average Bonchev–Trinajstić information content (AvgIpc) is 2.91. The summed E-state index contributed by atoms with van der Waals surface area (Å²) in [5.41, 5.74) is 0.525. The molecule has 0 fully saturated rings. The summed E-state index contributed by atoms with van der Waals surface area (Å²) in [5.74, 6) is -0.311. The minimum atomic E-state index is -0.449. The van der Waals surface area contributed by atoms with Crippen LogP contribution in [-0.2, 0) is 0 Å². The molecule has 0 aliphatic heterocycles. The molecule has 0 amide bonds. The molecule has 1 heterocycles. The lowest BCUT2D eigenvalue weighted by atomic mass is 10.2. The van der Waals surface area contributed by atoms with Crippen LogP contribution < -0.4 is 0 Å². The van der Waals surface area contributed by atoms with E-state index in [0.717, 1.165) is 0 Å². The first-order valence-corrected chi connectivity index (χ1v) is 6.10. The highest BCUT2D eigenvalue weighted by atomic mass is 35.5. The van der Waals surface area contributed by atoms with Crippen molar-refractivity contribution in [1.82, 2.24) is 10.1 Å². The first-order valence-electron chi connectivity index (χ1n) is 5.72. The Hall–Kier alpha value is -2.40. The highest BCUT2D eigenvalue weighted by Crippen LogP contribution is 2.32. The maximum Gasteiger partial charge on any atom is 0.262 e. The standard InChI is InChI=1S/C14H8ClFN2O2/c15-8-5-6-12(19)10(7-8)14-17-13(18-20-14)9-3-1-2-4-11(9)16/h1-7,19H. The van der Waals surface area contributed by atoms with Crippen molar-refractivity contribution in [1.29, 1.82) is 0 Å². The maximum absolute atomic E-state index is 13.6. The number of rotatable bonds is 2. The van der Waals surface area contributed by atoms with Gasteiger partial charge in [0.15, 0.2) is 0 Å². The first kappa shape index (κ1) is 12.6. The second-order valence-electron chi connectivity index (χ2n) is 4.06. The first-order chi connectivity index (χ1) is 9.65. The largest absolute Gasteiger partial charge is 0.507 e. The molecular formula is C14H8ClFN2O2. The molecule has 0 saturated carbocycles. The van der Waals surface area contributed by atoms with Gasteiger partial charge in [-0.3, -0.25) is 0 Å². The summed E-state index contributed by atoms with van der Waals surface area (Å²) in [7, 11) is 0. The molecule has 0 aliphatic rings. The van der Waals surface area contributed by atoms with Crippen molar-refractivity contribution in [3.63, 3.8) is 0 Å². The van der Waals surface area contributed by atoms with Gasteiger partial charge in [0, 0.05) is 5.02 Å². The van der Waals surface area contributed by atoms with Gasteiger partial charge in [-0.15, -0.1) is 0 Å². The fourth-order valence-electron chi connectivity index (χ4n) is 1.76. The van der Waals surface area contributed by atoms with Gasteiger partial charge < -0.3 is 9.63 Å². The second kappa shape index (κ2) is 4.94. The van der Waals surface area contributed by atoms with E-state index in [0.29, 0.717) is 10.6 Å². The summed E-state index contributed by atoms with van der Waals surface area (Å²) in [4.78, 5) is 4.08. The Morgan fingerprint density at radius 1 is 1.10 bits per heavy atom. The van der Waals surface area contributed by atoms with Crippen LogP contribution in [0.4, 0.5) is 4.39 Å². The van der Waals surface area contributed by atoms with E-state index in [1.165, 1.54) is 24.3 Å². The lowest BCUT2D eigenvalue weighted by Gasteiger charge is -1.99.